The van der Waals surface area contributed by atoms with Crippen LogP contribution in [0, 0.1) is 17.7 Å². The van der Waals surface area contributed by atoms with Crippen molar-refractivity contribution in [3.8, 4) is 17.0 Å². The highest BCUT2D eigenvalue weighted by molar-refractivity contribution is 7.93. The number of para-hydroxylation sites is 1. The van der Waals surface area contributed by atoms with Crippen molar-refractivity contribution in [2.45, 2.75) is 63.5 Å². The van der Waals surface area contributed by atoms with Crippen LogP contribution < -0.4 is 10.1 Å². The average Bonchev–Trinajstić information content (AvgIpc) is 3.63. The zero-order valence-electron chi connectivity index (χ0n) is 24.9. The van der Waals surface area contributed by atoms with E-state index < -0.39 is 18.1 Å². The number of amides is 1. The molecule has 2 heterocycles. The predicted molar refractivity (Wildman–Crippen MR) is 169 cm³/mol. The molecule has 3 unspecified atom stereocenters. The lowest BCUT2D eigenvalue weighted by atomic mass is 9.64. The summed E-state index contributed by atoms with van der Waals surface area (Å²) in [5, 5.41) is 7.21. The highest BCUT2D eigenvalue weighted by Gasteiger charge is 2.42. The van der Waals surface area contributed by atoms with Gasteiger partial charge in [0, 0.05) is 53.0 Å². The van der Waals surface area contributed by atoms with E-state index in [0.717, 1.165) is 43.9 Å². The van der Waals surface area contributed by atoms with Crippen LogP contribution >= 0.6 is 23.4 Å². The molecule has 3 saturated carbocycles. The largest absolute Gasteiger partial charge is 0.573 e. The van der Waals surface area contributed by atoms with Gasteiger partial charge >= 0.3 is 6.36 Å². The maximum Gasteiger partial charge on any atom is 0.573 e. The summed E-state index contributed by atoms with van der Waals surface area (Å²) in [4.78, 5) is 21.8. The number of aromatic nitrogens is 2. The Balaban J connectivity index is 1.11. The van der Waals surface area contributed by atoms with E-state index in [1.54, 1.807) is 12.1 Å². The number of halogens is 4. The molecule has 2 aromatic carbocycles. The van der Waals surface area contributed by atoms with E-state index in [2.05, 4.69) is 20.2 Å². The summed E-state index contributed by atoms with van der Waals surface area (Å²) in [5.74, 6) is 0.328. The third-order valence-corrected chi connectivity index (χ3v) is 10.1. The number of nitrogens with one attached hydrogen (secondary N) is 1. The summed E-state index contributed by atoms with van der Waals surface area (Å²) < 4.78 is 80.3. The van der Waals surface area contributed by atoms with E-state index in [4.69, 9.17) is 18.8 Å². The fourth-order valence-corrected chi connectivity index (χ4v) is 7.47. The lowest BCUT2D eigenvalue weighted by Crippen LogP contribution is -2.42. The van der Waals surface area contributed by atoms with Gasteiger partial charge in [0.15, 0.2) is 5.82 Å². The van der Waals surface area contributed by atoms with E-state index in [0.29, 0.717) is 51.3 Å². The first-order valence-corrected chi connectivity index (χ1v) is 17.1. The van der Waals surface area contributed by atoms with Gasteiger partial charge in [-0.15, -0.1) is 13.2 Å². The van der Waals surface area contributed by atoms with Crippen molar-refractivity contribution in [2.75, 3.05) is 12.3 Å². The van der Waals surface area contributed by atoms with Crippen LogP contribution in [0.25, 0.3) is 21.5 Å². The van der Waals surface area contributed by atoms with E-state index in [9.17, 15) is 22.4 Å². The second kappa shape index (κ2) is 13.2. The van der Waals surface area contributed by atoms with Gasteiger partial charge in [-0.3, -0.25) is 4.79 Å². The predicted octanol–water partition coefficient (Wildman–Crippen LogP) is 8.28. The van der Waals surface area contributed by atoms with Crippen molar-refractivity contribution in [1.82, 2.24) is 15.5 Å². The van der Waals surface area contributed by atoms with Gasteiger partial charge in [-0.2, -0.15) is 0 Å². The quantitative estimate of drug-likeness (QED) is 0.0917. The molecule has 3 fully saturated rings. The summed E-state index contributed by atoms with van der Waals surface area (Å²) in [6.45, 7) is 0.349. The van der Waals surface area contributed by atoms with E-state index in [-0.39, 0.29) is 59.2 Å². The van der Waals surface area contributed by atoms with Crippen LogP contribution in [0.2, 0.25) is 0 Å². The van der Waals surface area contributed by atoms with Crippen LogP contribution in [0.1, 0.15) is 66.1 Å². The number of hydrogen-bond donors (Lipinski definition) is 2. The van der Waals surface area contributed by atoms with Gasteiger partial charge < -0.3 is 23.9 Å². The smallest absolute Gasteiger partial charge is 0.405 e. The number of carbonyl (C=O) groups is 1. The fraction of sp³-hybridized carbons (Fsp3) is 0.438. The maximum atomic E-state index is 15.0. The number of aliphatic imine (C=N–C) groups is 1. The number of ether oxygens (including phenoxy) is 2. The molecular weight excluding hydrogens is 661 g/mol. The Morgan fingerprint density at radius 3 is 2.77 bits per heavy atom. The van der Waals surface area contributed by atoms with Gasteiger partial charge in [0.2, 0.25) is 5.13 Å². The summed E-state index contributed by atoms with van der Waals surface area (Å²) in [6, 6.07) is 8.60. The van der Waals surface area contributed by atoms with Crippen LogP contribution in [-0.2, 0) is 11.3 Å². The van der Waals surface area contributed by atoms with E-state index in [1.165, 1.54) is 29.5 Å². The second-order valence-electron chi connectivity index (χ2n) is 12.0. The molecule has 2 aromatic heterocycles. The first-order chi connectivity index (χ1) is 22.7. The highest BCUT2D eigenvalue weighted by Crippen LogP contribution is 2.48. The van der Waals surface area contributed by atoms with Gasteiger partial charge in [-0.25, -0.2) is 14.4 Å². The van der Waals surface area contributed by atoms with Crippen LogP contribution in [0.5, 0.6) is 5.75 Å². The molecule has 7 rings (SSSR count). The molecule has 1 amide bonds. The highest BCUT2D eigenvalue weighted by atomic mass is 32.2. The number of benzene rings is 2. The molecular formula is C32H30F4N4O5S2. The van der Waals surface area contributed by atoms with E-state index >= 15 is 0 Å². The van der Waals surface area contributed by atoms with Gasteiger partial charge in [0.05, 0.1) is 17.4 Å². The molecule has 0 spiro atoms. The molecule has 248 valence electrons. The Labute approximate surface area is 274 Å². The molecule has 3 atom stereocenters. The Bertz CT molecular complexity index is 1820. The Hall–Kier alpha value is -3.53. The minimum atomic E-state index is -4.86. The Morgan fingerprint density at radius 2 is 2.02 bits per heavy atom. The number of nitrogens with zero attached hydrogens (tertiary/aromatic N) is 3. The average molecular weight is 691 g/mol. The number of fused-ring (bicyclic) bond motifs is 2. The molecule has 3 aliphatic carbocycles. The van der Waals surface area contributed by atoms with Gasteiger partial charge in [0.25, 0.3) is 5.91 Å². The minimum absolute atomic E-state index is 0.106. The normalized spacial score (nSPS) is 21.9. The van der Waals surface area contributed by atoms with Crippen LogP contribution in [0.15, 0.2) is 45.9 Å². The van der Waals surface area contributed by atoms with Gasteiger partial charge in [-0.05, 0) is 74.3 Å². The molecule has 0 aliphatic heterocycles. The van der Waals surface area contributed by atoms with Crippen molar-refractivity contribution in [1.29, 1.82) is 0 Å². The van der Waals surface area contributed by atoms with Crippen molar-refractivity contribution >= 4 is 50.3 Å². The van der Waals surface area contributed by atoms with Crippen LogP contribution in [0.3, 0.4) is 0 Å². The fourth-order valence-electron chi connectivity index (χ4n) is 6.36. The summed E-state index contributed by atoms with van der Waals surface area (Å²) in [7, 11) is 0. The molecule has 0 saturated heterocycles. The molecule has 0 bridgehead atoms. The first kappa shape index (κ1) is 32.0. The van der Waals surface area contributed by atoms with Crippen molar-refractivity contribution in [3.05, 3.63) is 59.1 Å². The molecule has 0 radical (unpaired) electrons. The third kappa shape index (κ3) is 7.03. The Morgan fingerprint density at radius 1 is 1.19 bits per heavy atom. The van der Waals surface area contributed by atoms with Crippen LogP contribution in [-0.4, -0.2) is 51.1 Å². The number of hydrogen-bond acceptors (Lipinski definition) is 10. The molecule has 3 aliphatic rings. The SMILES string of the molecule is O=C(NCCSO)c1cc(F)c2nc(/N=C3/CC(OCc4c(-c5ccccc5OC(F)(F)F)noc4C4CC4)CC4CCC34)sc2c1. The van der Waals surface area contributed by atoms with Crippen molar-refractivity contribution < 1.29 is 40.9 Å². The number of thiazole rings is 1. The number of alkyl halides is 3. The van der Waals surface area contributed by atoms with E-state index in [1.807, 2.05) is 0 Å². The minimum Gasteiger partial charge on any atom is -0.405 e. The van der Waals surface area contributed by atoms with Gasteiger partial charge in [-0.1, -0.05) is 28.6 Å². The molecule has 4 aromatic rings. The molecule has 47 heavy (non-hydrogen) atoms. The zero-order valence-corrected chi connectivity index (χ0v) is 26.5. The monoisotopic (exact) mass is 690 g/mol. The number of carbonyl (C=O) groups excluding carboxylic acids is 1. The maximum absolute atomic E-state index is 15.0. The molecule has 2 N–H and O–H groups in total. The zero-order chi connectivity index (χ0) is 32.7. The second-order valence-corrected chi connectivity index (χ2v) is 13.7. The van der Waals surface area contributed by atoms with Crippen molar-refractivity contribution in [2.24, 2.45) is 16.8 Å². The third-order valence-electron chi connectivity index (χ3n) is 8.86. The Kier molecular flexibility index (Phi) is 8.98. The van der Waals surface area contributed by atoms with Crippen molar-refractivity contribution in [3.63, 3.8) is 0 Å². The van der Waals surface area contributed by atoms with Gasteiger partial charge in [0.1, 0.15) is 22.7 Å². The van der Waals surface area contributed by atoms with Crippen LogP contribution in [0.4, 0.5) is 22.7 Å². The lowest BCUT2D eigenvalue weighted by molar-refractivity contribution is -0.274. The summed E-state index contributed by atoms with van der Waals surface area (Å²) in [6.07, 6.45) is 0.114. The standard InChI is InChI=1S/C32H30F4N4O5S2/c33-23-12-18(30(41)37-9-10-46-42)13-26-28(23)39-31(47-26)38-24-14-19(11-17-7-8-20(17)24)43-15-22-27(40-45-29(22)16-5-6-16)21-3-1-2-4-25(21)44-32(34,35)36/h1-4,12-13,16-17,19-20,42H,5-11,14-15H2,(H,37,41)/b38-24-. The molecule has 15 heteroatoms. The summed E-state index contributed by atoms with van der Waals surface area (Å²) >= 11 is 1.82. The lowest BCUT2D eigenvalue weighted by Gasteiger charge is -2.44. The summed E-state index contributed by atoms with van der Waals surface area (Å²) in [5.41, 5.74) is 2.31. The topological polar surface area (TPSA) is 119 Å². The first-order valence-electron chi connectivity index (χ1n) is 15.3. The molecule has 9 nitrogen and oxygen atoms in total. The number of rotatable bonds is 11.